The molecule has 0 aliphatic carbocycles. The maximum atomic E-state index is 12.0. The van der Waals surface area contributed by atoms with Crippen molar-refractivity contribution in [3.8, 4) is 5.75 Å². The summed E-state index contributed by atoms with van der Waals surface area (Å²) in [4.78, 5) is 14.0. The molecule has 0 saturated heterocycles. The normalized spacial score (nSPS) is 10.6. The van der Waals surface area contributed by atoms with Crippen LogP contribution in [0.3, 0.4) is 0 Å². The number of nitrogens with one attached hydrogen (secondary N) is 1. The second kappa shape index (κ2) is 8.34. The van der Waals surface area contributed by atoms with E-state index in [4.69, 9.17) is 4.74 Å². The molecule has 0 bridgehead atoms. The van der Waals surface area contributed by atoms with Gasteiger partial charge in [-0.2, -0.15) is 0 Å². The van der Waals surface area contributed by atoms with Gasteiger partial charge >= 0.3 is 0 Å². The summed E-state index contributed by atoms with van der Waals surface area (Å²) in [6.07, 6.45) is 0. The Morgan fingerprint density at radius 2 is 1.65 bits per heavy atom. The van der Waals surface area contributed by atoms with Crippen LogP contribution in [0.15, 0.2) is 48.5 Å². The Labute approximate surface area is 138 Å². The van der Waals surface area contributed by atoms with Crippen molar-refractivity contribution >= 4 is 5.91 Å². The molecule has 2 aromatic rings. The molecule has 0 heterocycles. The quantitative estimate of drug-likeness (QED) is 0.855. The van der Waals surface area contributed by atoms with Gasteiger partial charge in [0.15, 0.2) is 0 Å². The van der Waals surface area contributed by atoms with Crippen LogP contribution in [-0.2, 0) is 17.9 Å². The van der Waals surface area contributed by atoms with Gasteiger partial charge in [-0.3, -0.25) is 9.69 Å². The van der Waals surface area contributed by atoms with Gasteiger partial charge in [-0.15, -0.1) is 0 Å². The van der Waals surface area contributed by atoms with E-state index in [0.717, 1.165) is 23.4 Å². The van der Waals surface area contributed by atoms with Crippen molar-refractivity contribution in [3.05, 3.63) is 65.2 Å². The van der Waals surface area contributed by atoms with Crippen molar-refractivity contribution in [1.29, 1.82) is 0 Å². The SMILES string of the molecule is COc1ccc(CN(C)CC(=O)NCc2ccc(C)cc2)cc1. The summed E-state index contributed by atoms with van der Waals surface area (Å²) in [5.41, 5.74) is 3.49. The van der Waals surface area contributed by atoms with Gasteiger partial charge in [0.25, 0.3) is 0 Å². The molecule has 0 spiro atoms. The summed E-state index contributed by atoms with van der Waals surface area (Å²) in [5, 5.41) is 2.95. The third kappa shape index (κ3) is 5.75. The lowest BCUT2D eigenvalue weighted by Gasteiger charge is -2.16. The van der Waals surface area contributed by atoms with Gasteiger partial charge in [0.05, 0.1) is 13.7 Å². The number of rotatable bonds is 7. The first-order valence-corrected chi connectivity index (χ1v) is 7.70. The zero-order chi connectivity index (χ0) is 16.7. The molecule has 0 aromatic heterocycles. The molecule has 23 heavy (non-hydrogen) atoms. The highest BCUT2D eigenvalue weighted by Gasteiger charge is 2.07. The lowest BCUT2D eigenvalue weighted by Crippen LogP contribution is -2.34. The van der Waals surface area contributed by atoms with E-state index in [1.54, 1.807) is 7.11 Å². The second-order valence-corrected chi connectivity index (χ2v) is 5.78. The second-order valence-electron chi connectivity index (χ2n) is 5.78. The van der Waals surface area contributed by atoms with E-state index in [2.05, 4.69) is 24.4 Å². The number of hydrogen-bond donors (Lipinski definition) is 1. The molecule has 1 N–H and O–H groups in total. The number of aryl methyl sites for hydroxylation is 1. The molecule has 0 aliphatic rings. The van der Waals surface area contributed by atoms with E-state index in [1.807, 2.05) is 48.3 Å². The number of likely N-dealkylation sites (N-methyl/N-ethyl adjacent to an activating group) is 1. The topological polar surface area (TPSA) is 41.6 Å². The lowest BCUT2D eigenvalue weighted by atomic mass is 10.1. The average molecular weight is 312 g/mol. The van der Waals surface area contributed by atoms with E-state index in [1.165, 1.54) is 5.56 Å². The van der Waals surface area contributed by atoms with Crippen molar-refractivity contribution in [1.82, 2.24) is 10.2 Å². The zero-order valence-electron chi connectivity index (χ0n) is 14.0. The van der Waals surface area contributed by atoms with Crippen LogP contribution in [0, 0.1) is 6.92 Å². The maximum absolute atomic E-state index is 12.0. The number of benzene rings is 2. The number of carbonyl (C=O) groups excluding carboxylic acids is 1. The highest BCUT2D eigenvalue weighted by atomic mass is 16.5. The molecular weight excluding hydrogens is 288 g/mol. The zero-order valence-corrected chi connectivity index (χ0v) is 14.0. The maximum Gasteiger partial charge on any atom is 0.234 e. The Hall–Kier alpha value is -2.33. The van der Waals surface area contributed by atoms with Crippen molar-refractivity contribution in [2.75, 3.05) is 20.7 Å². The third-order valence-corrected chi connectivity index (χ3v) is 3.64. The van der Waals surface area contributed by atoms with Crippen molar-refractivity contribution in [2.45, 2.75) is 20.0 Å². The largest absolute Gasteiger partial charge is 0.497 e. The molecule has 2 aromatic carbocycles. The van der Waals surface area contributed by atoms with E-state index in [0.29, 0.717) is 13.1 Å². The molecule has 4 heteroatoms. The molecule has 0 fully saturated rings. The standard InChI is InChI=1S/C19H24N2O2/c1-15-4-6-16(7-5-15)12-20-19(22)14-21(2)13-17-8-10-18(23-3)11-9-17/h4-11H,12-14H2,1-3H3,(H,20,22). The molecule has 0 saturated carbocycles. The fraction of sp³-hybridized carbons (Fsp3) is 0.316. The van der Waals surface area contributed by atoms with Gasteiger partial charge in [-0.05, 0) is 37.2 Å². The fourth-order valence-electron chi connectivity index (χ4n) is 2.31. The lowest BCUT2D eigenvalue weighted by molar-refractivity contribution is -0.122. The van der Waals surface area contributed by atoms with E-state index < -0.39 is 0 Å². The fourth-order valence-corrected chi connectivity index (χ4v) is 2.31. The Morgan fingerprint density at radius 3 is 2.26 bits per heavy atom. The first kappa shape index (κ1) is 17.0. The minimum absolute atomic E-state index is 0.0292. The smallest absolute Gasteiger partial charge is 0.234 e. The minimum atomic E-state index is 0.0292. The summed E-state index contributed by atoms with van der Waals surface area (Å²) in [7, 11) is 3.59. The molecule has 0 atom stereocenters. The number of amides is 1. The van der Waals surface area contributed by atoms with Gasteiger partial charge in [0, 0.05) is 13.1 Å². The van der Waals surface area contributed by atoms with E-state index in [-0.39, 0.29) is 5.91 Å². The van der Waals surface area contributed by atoms with Gasteiger partial charge in [-0.1, -0.05) is 42.0 Å². The van der Waals surface area contributed by atoms with Crippen LogP contribution in [0.5, 0.6) is 5.75 Å². The molecule has 122 valence electrons. The Morgan fingerprint density at radius 1 is 1.04 bits per heavy atom. The van der Waals surface area contributed by atoms with Crippen LogP contribution in [0.4, 0.5) is 0 Å². The molecule has 4 nitrogen and oxygen atoms in total. The highest BCUT2D eigenvalue weighted by molar-refractivity contribution is 5.77. The molecular formula is C19H24N2O2. The number of methoxy groups -OCH3 is 1. The van der Waals surface area contributed by atoms with Crippen LogP contribution in [0.2, 0.25) is 0 Å². The van der Waals surface area contributed by atoms with E-state index >= 15 is 0 Å². The summed E-state index contributed by atoms with van der Waals surface area (Å²) < 4.78 is 5.14. The van der Waals surface area contributed by atoms with E-state index in [9.17, 15) is 4.79 Å². The minimum Gasteiger partial charge on any atom is -0.497 e. The van der Waals surface area contributed by atoms with Crippen LogP contribution in [0.25, 0.3) is 0 Å². The molecule has 0 radical (unpaired) electrons. The number of hydrogen-bond acceptors (Lipinski definition) is 3. The highest BCUT2D eigenvalue weighted by Crippen LogP contribution is 2.12. The average Bonchev–Trinajstić information content (AvgIpc) is 2.55. The third-order valence-electron chi connectivity index (χ3n) is 3.64. The first-order valence-electron chi connectivity index (χ1n) is 7.70. The summed E-state index contributed by atoms with van der Waals surface area (Å²) >= 11 is 0. The van der Waals surface area contributed by atoms with Gasteiger partial charge < -0.3 is 10.1 Å². The predicted octanol–water partition coefficient (Wildman–Crippen LogP) is 2.75. The monoisotopic (exact) mass is 312 g/mol. The van der Waals surface area contributed by atoms with Gasteiger partial charge in [0.2, 0.25) is 5.91 Å². The molecule has 0 aliphatic heterocycles. The number of ether oxygens (including phenoxy) is 1. The van der Waals surface area contributed by atoms with Crippen molar-refractivity contribution < 1.29 is 9.53 Å². The Bertz CT molecular complexity index is 621. The molecule has 2 rings (SSSR count). The number of nitrogens with zero attached hydrogens (tertiary/aromatic N) is 1. The molecule has 0 unspecified atom stereocenters. The van der Waals surface area contributed by atoms with Crippen LogP contribution in [0.1, 0.15) is 16.7 Å². The van der Waals surface area contributed by atoms with Crippen LogP contribution in [-0.4, -0.2) is 31.5 Å². The van der Waals surface area contributed by atoms with Gasteiger partial charge in [0.1, 0.15) is 5.75 Å². The van der Waals surface area contributed by atoms with Crippen LogP contribution < -0.4 is 10.1 Å². The molecule has 1 amide bonds. The summed E-state index contributed by atoms with van der Waals surface area (Å²) in [6, 6.07) is 16.1. The Kier molecular flexibility index (Phi) is 6.18. The first-order chi connectivity index (χ1) is 11.1. The van der Waals surface area contributed by atoms with Crippen LogP contribution >= 0.6 is 0 Å². The van der Waals surface area contributed by atoms with Crippen molar-refractivity contribution in [3.63, 3.8) is 0 Å². The number of carbonyl (C=O) groups is 1. The van der Waals surface area contributed by atoms with Crippen molar-refractivity contribution in [2.24, 2.45) is 0 Å². The Balaban J connectivity index is 1.76. The predicted molar refractivity (Wildman–Crippen MR) is 92.4 cm³/mol. The van der Waals surface area contributed by atoms with Gasteiger partial charge in [-0.25, -0.2) is 0 Å². The summed E-state index contributed by atoms with van der Waals surface area (Å²) in [5.74, 6) is 0.869. The summed E-state index contributed by atoms with van der Waals surface area (Å²) in [6.45, 7) is 3.71.